The highest BCUT2D eigenvalue weighted by Gasteiger charge is 2.11. The Morgan fingerprint density at radius 3 is 2.21 bits per heavy atom. The number of anilines is 1. The SMILES string of the molecule is CC.COc1c(Cl)cc(C)c(N)c1Cl. The van der Waals surface area contributed by atoms with Gasteiger partial charge in [0.2, 0.25) is 0 Å². The minimum Gasteiger partial charge on any atom is -0.494 e. The number of methoxy groups -OCH3 is 1. The summed E-state index contributed by atoms with van der Waals surface area (Å²) in [6.07, 6.45) is 0. The third-order valence-corrected chi connectivity index (χ3v) is 2.28. The number of benzene rings is 1. The van der Waals surface area contributed by atoms with Crippen LogP contribution < -0.4 is 10.5 Å². The van der Waals surface area contributed by atoms with E-state index in [2.05, 4.69) is 0 Å². The van der Waals surface area contributed by atoms with Gasteiger partial charge in [0.05, 0.1) is 17.8 Å². The first kappa shape index (κ1) is 13.4. The van der Waals surface area contributed by atoms with Gasteiger partial charge in [0, 0.05) is 0 Å². The lowest BCUT2D eigenvalue weighted by molar-refractivity contribution is 0.415. The van der Waals surface area contributed by atoms with Crippen molar-refractivity contribution in [3.8, 4) is 5.75 Å². The van der Waals surface area contributed by atoms with Crippen LogP contribution in [0.15, 0.2) is 6.07 Å². The first-order chi connectivity index (χ1) is 6.57. The van der Waals surface area contributed by atoms with Crippen LogP contribution in [-0.4, -0.2) is 7.11 Å². The molecule has 80 valence electrons. The largest absolute Gasteiger partial charge is 0.494 e. The van der Waals surface area contributed by atoms with Crippen LogP contribution in [0.5, 0.6) is 5.75 Å². The average Bonchev–Trinajstić information content (AvgIpc) is 2.18. The Morgan fingerprint density at radius 2 is 1.79 bits per heavy atom. The Bertz CT molecular complexity index is 313. The van der Waals surface area contributed by atoms with Crippen molar-refractivity contribution in [3.63, 3.8) is 0 Å². The molecule has 0 aliphatic rings. The molecule has 0 fully saturated rings. The summed E-state index contributed by atoms with van der Waals surface area (Å²) in [5, 5.41) is 0.858. The van der Waals surface area contributed by atoms with Crippen molar-refractivity contribution in [2.75, 3.05) is 12.8 Å². The zero-order valence-corrected chi connectivity index (χ0v) is 10.3. The van der Waals surface area contributed by atoms with E-state index in [-0.39, 0.29) is 0 Å². The third-order valence-electron chi connectivity index (χ3n) is 1.62. The zero-order valence-electron chi connectivity index (χ0n) is 8.82. The first-order valence-electron chi connectivity index (χ1n) is 4.36. The van der Waals surface area contributed by atoms with E-state index in [0.29, 0.717) is 21.5 Å². The van der Waals surface area contributed by atoms with Crippen molar-refractivity contribution >= 4 is 28.9 Å². The van der Waals surface area contributed by atoms with Crippen LogP contribution in [0.1, 0.15) is 19.4 Å². The molecule has 0 aliphatic carbocycles. The van der Waals surface area contributed by atoms with Gasteiger partial charge in [0.25, 0.3) is 0 Å². The van der Waals surface area contributed by atoms with E-state index in [1.54, 1.807) is 6.07 Å². The van der Waals surface area contributed by atoms with E-state index in [1.807, 2.05) is 20.8 Å². The number of nitrogen functional groups attached to an aromatic ring is 1. The number of hydrogen-bond donors (Lipinski definition) is 1. The molecule has 0 bridgehead atoms. The van der Waals surface area contributed by atoms with E-state index in [9.17, 15) is 0 Å². The lowest BCUT2D eigenvalue weighted by Gasteiger charge is -2.09. The minimum atomic E-state index is 0.377. The van der Waals surface area contributed by atoms with Gasteiger partial charge in [-0.2, -0.15) is 0 Å². The van der Waals surface area contributed by atoms with E-state index in [0.717, 1.165) is 5.56 Å². The molecule has 0 aromatic heterocycles. The van der Waals surface area contributed by atoms with Crippen molar-refractivity contribution in [2.24, 2.45) is 0 Å². The second-order valence-electron chi connectivity index (χ2n) is 2.44. The summed E-state index contributed by atoms with van der Waals surface area (Å²) in [6, 6.07) is 1.72. The lowest BCUT2D eigenvalue weighted by atomic mass is 10.2. The van der Waals surface area contributed by atoms with Crippen molar-refractivity contribution in [1.82, 2.24) is 0 Å². The molecule has 0 heterocycles. The molecule has 0 atom stereocenters. The molecular formula is C10H15Cl2NO. The Morgan fingerprint density at radius 1 is 1.29 bits per heavy atom. The van der Waals surface area contributed by atoms with E-state index < -0.39 is 0 Å². The number of halogens is 2. The molecule has 0 radical (unpaired) electrons. The van der Waals surface area contributed by atoms with Crippen molar-refractivity contribution in [2.45, 2.75) is 20.8 Å². The summed E-state index contributed by atoms with van der Waals surface area (Å²) < 4.78 is 4.97. The van der Waals surface area contributed by atoms with Gasteiger partial charge in [-0.05, 0) is 18.6 Å². The smallest absolute Gasteiger partial charge is 0.158 e. The number of hydrogen-bond acceptors (Lipinski definition) is 2. The fourth-order valence-corrected chi connectivity index (χ4v) is 1.63. The molecule has 0 aliphatic heterocycles. The van der Waals surface area contributed by atoms with Gasteiger partial charge >= 0.3 is 0 Å². The molecule has 2 nitrogen and oxygen atoms in total. The lowest BCUT2D eigenvalue weighted by Crippen LogP contribution is -1.94. The highest BCUT2D eigenvalue weighted by atomic mass is 35.5. The van der Waals surface area contributed by atoms with Crippen molar-refractivity contribution < 1.29 is 4.74 Å². The normalized spacial score (nSPS) is 9.00. The fourth-order valence-electron chi connectivity index (χ4n) is 0.921. The predicted molar refractivity (Wildman–Crippen MR) is 63.5 cm³/mol. The topological polar surface area (TPSA) is 35.2 Å². The summed E-state index contributed by atoms with van der Waals surface area (Å²) in [7, 11) is 1.50. The van der Waals surface area contributed by atoms with Gasteiger partial charge < -0.3 is 10.5 Å². The molecule has 1 aromatic rings. The molecule has 1 aromatic carbocycles. The average molecular weight is 236 g/mol. The fraction of sp³-hybridized carbons (Fsp3) is 0.400. The second-order valence-corrected chi connectivity index (χ2v) is 3.22. The minimum absolute atomic E-state index is 0.377. The molecular weight excluding hydrogens is 221 g/mol. The van der Waals surface area contributed by atoms with Gasteiger partial charge in [0.15, 0.2) is 5.75 Å². The summed E-state index contributed by atoms with van der Waals surface area (Å²) >= 11 is 11.7. The molecule has 0 saturated carbocycles. The van der Waals surface area contributed by atoms with Gasteiger partial charge in [-0.25, -0.2) is 0 Å². The predicted octanol–water partition coefficient (Wildman–Crippen LogP) is 3.92. The van der Waals surface area contributed by atoms with E-state index >= 15 is 0 Å². The molecule has 0 amide bonds. The molecule has 1 rings (SSSR count). The van der Waals surface area contributed by atoms with Gasteiger partial charge in [0.1, 0.15) is 5.02 Å². The zero-order chi connectivity index (χ0) is 11.3. The van der Waals surface area contributed by atoms with Crippen molar-refractivity contribution in [1.29, 1.82) is 0 Å². The Balaban J connectivity index is 0.000000791. The Kier molecular flexibility index (Phi) is 5.73. The highest BCUT2D eigenvalue weighted by molar-refractivity contribution is 6.39. The Hall–Kier alpha value is -0.600. The quantitative estimate of drug-likeness (QED) is 0.750. The second kappa shape index (κ2) is 5.99. The van der Waals surface area contributed by atoms with Crippen LogP contribution >= 0.6 is 23.2 Å². The van der Waals surface area contributed by atoms with E-state index in [1.165, 1.54) is 7.11 Å². The maximum absolute atomic E-state index is 5.87. The number of rotatable bonds is 1. The monoisotopic (exact) mass is 235 g/mol. The molecule has 4 heteroatoms. The first-order valence-corrected chi connectivity index (χ1v) is 5.11. The summed E-state index contributed by atoms with van der Waals surface area (Å²) in [5.74, 6) is 0.432. The molecule has 0 saturated heterocycles. The molecule has 0 unspecified atom stereocenters. The summed E-state index contributed by atoms with van der Waals surface area (Å²) in [6.45, 7) is 5.84. The molecule has 2 N–H and O–H groups in total. The van der Waals surface area contributed by atoms with Gasteiger partial charge in [-0.3, -0.25) is 0 Å². The maximum Gasteiger partial charge on any atom is 0.158 e. The van der Waals surface area contributed by atoms with Crippen LogP contribution in [0.3, 0.4) is 0 Å². The maximum atomic E-state index is 5.87. The van der Waals surface area contributed by atoms with Crippen molar-refractivity contribution in [3.05, 3.63) is 21.7 Å². The number of aryl methyl sites for hydroxylation is 1. The molecule has 0 spiro atoms. The standard InChI is InChI=1S/C8H9Cl2NO.C2H6/c1-4-3-5(9)8(12-2)6(10)7(4)11;1-2/h3H,11H2,1-2H3;1-2H3. The number of ether oxygens (including phenoxy) is 1. The van der Waals surface area contributed by atoms with Crippen LogP contribution in [-0.2, 0) is 0 Å². The van der Waals surface area contributed by atoms with Gasteiger partial charge in [-0.1, -0.05) is 37.0 Å². The van der Waals surface area contributed by atoms with Gasteiger partial charge in [-0.15, -0.1) is 0 Å². The Labute approximate surface area is 95.0 Å². The summed E-state index contributed by atoms with van der Waals surface area (Å²) in [4.78, 5) is 0. The van der Waals surface area contributed by atoms with Crippen LogP contribution in [0, 0.1) is 6.92 Å². The third kappa shape index (κ3) is 2.69. The number of nitrogens with two attached hydrogens (primary N) is 1. The molecule has 14 heavy (non-hydrogen) atoms. The highest BCUT2D eigenvalue weighted by Crippen LogP contribution is 2.38. The van der Waals surface area contributed by atoms with Crippen LogP contribution in [0.2, 0.25) is 10.0 Å². The van der Waals surface area contributed by atoms with Crippen LogP contribution in [0.25, 0.3) is 0 Å². The summed E-state index contributed by atoms with van der Waals surface area (Å²) in [5.41, 5.74) is 7.02. The van der Waals surface area contributed by atoms with Crippen LogP contribution in [0.4, 0.5) is 5.69 Å². The van der Waals surface area contributed by atoms with E-state index in [4.69, 9.17) is 33.7 Å².